The highest BCUT2D eigenvalue weighted by atomic mass is 16.5. The van der Waals surface area contributed by atoms with E-state index in [2.05, 4.69) is 0 Å². The third-order valence-electron chi connectivity index (χ3n) is 2.51. The molecule has 0 aliphatic rings. The predicted molar refractivity (Wildman–Crippen MR) is 68.6 cm³/mol. The second kappa shape index (κ2) is 5.23. The van der Waals surface area contributed by atoms with Crippen LogP contribution in [0.15, 0.2) is 48.5 Å². The van der Waals surface area contributed by atoms with Gasteiger partial charge >= 0.3 is 5.97 Å². The maximum Gasteiger partial charge on any atom is 0.341 e. The zero-order valence-electron chi connectivity index (χ0n) is 9.67. The van der Waals surface area contributed by atoms with Crippen LogP contribution < -0.4 is 10.5 Å². The van der Waals surface area contributed by atoms with Crippen molar-refractivity contribution in [3.8, 4) is 5.75 Å². The molecular weight excluding hydrogens is 230 g/mol. The molecule has 0 amide bonds. The average Bonchev–Trinajstić information content (AvgIpc) is 2.37. The molecule has 0 fully saturated rings. The maximum atomic E-state index is 11.1. The van der Waals surface area contributed by atoms with Gasteiger partial charge in [-0.1, -0.05) is 36.4 Å². The molecular formula is C14H13NO3. The number of aromatic carboxylic acids is 1. The first kappa shape index (κ1) is 12.0. The number of hydrogen-bond donors (Lipinski definition) is 2. The quantitative estimate of drug-likeness (QED) is 0.809. The van der Waals surface area contributed by atoms with Crippen molar-refractivity contribution in [1.82, 2.24) is 0 Å². The van der Waals surface area contributed by atoms with E-state index in [0.29, 0.717) is 6.61 Å². The van der Waals surface area contributed by atoms with Crippen LogP contribution in [-0.4, -0.2) is 11.1 Å². The summed E-state index contributed by atoms with van der Waals surface area (Å²) in [6.45, 7) is 0.310. The van der Waals surface area contributed by atoms with Crippen LogP contribution >= 0.6 is 0 Å². The molecule has 0 bridgehead atoms. The third kappa shape index (κ3) is 2.60. The van der Waals surface area contributed by atoms with E-state index in [4.69, 9.17) is 15.6 Å². The molecule has 4 nitrogen and oxygen atoms in total. The van der Waals surface area contributed by atoms with E-state index in [-0.39, 0.29) is 17.0 Å². The van der Waals surface area contributed by atoms with Crippen LogP contribution in [0.4, 0.5) is 5.69 Å². The standard InChI is InChI=1S/C14H13NO3/c15-11-7-4-8-12(13(11)14(16)17)18-9-10-5-2-1-3-6-10/h1-8H,9,15H2,(H,16,17). The molecule has 0 heterocycles. The Bertz CT molecular complexity index is 552. The molecule has 0 saturated heterocycles. The SMILES string of the molecule is Nc1cccc(OCc2ccccc2)c1C(=O)O. The number of carboxylic acid groups (broad SMARTS) is 1. The molecule has 18 heavy (non-hydrogen) atoms. The highest BCUT2D eigenvalue weighted by Gasteiger charge is 2.14. The molecule has 0 aliphatic heterocycles. The number of nitrogen functional groups attached to an aromatic ring is 1. The Morgan fingerprint density at radius 1 is 1.11 bits per heavy atom. The lowest BCUT2D eigenvalue weighted by atomic mass is 10.1. The van der Waals surface area contributed by atoms with Gasteiger partial charge in [-0.15, -0.1) is 0 Å². The molecule has 92 valence electrons. The molecule has 2 aromatic carbocycles. The van der Waals surface area contributed by atoms with Crippen LogP contribution in [0.25, 0.3) is 0 Å². The van der Waals surface area contributed by atoms with Crippen LogP contribution in [0.2, 0.25) is 0 Å². The maximum absolute atomic E-state index is 11.1. The average molecular weight is 243 g/mol. The number of anilines is 1. The third-order valence-corrected chi connectivity index (χ3v) is 2.51. The predicted octanol–water partition coefficient (Wildman–Crippen LogP) is 2.55. The summed E-state index contributed by atoms with van der Waals surface area (Å²) < 4.78 is 5.50. The number of benzene rings is 2. The Kier molecular flexibility index (Phi) is 3.48. The molecule has 0 aliphatic carbocycles. The summed E-state index contributed by atoms with van der Waals surface area (Å²) in [4.78, 5) is 11.1. The molecule has 0 aromatic heterocycles. The number of nitrogens with two attached hydrogens (primary N) is 1. The second-order valence-electron chi connectivity index (χ2n) is 3.80. The Morgan fingerprint density at radius 2 is 1.83 bits per heavy atom. The van der Waals surface area contributed by atoms with Crippen molar-refractivity contribution in [1.29, 1.82) is 0 Å². The van der Waals surface area contributed by atoms with Crippen molar-refractivity contribution in [3.05, 3.63) is 59.7 Å². The Morgan fingerprint density at radius 3 is 2.50 bits per heavy atom. The first-order valence-electron chi connectivity index (χ1n) is 5.47. The van der Waals surface area contributed by atoms with Gasteiger partial charge in [0.25, 0.3) is 0 Å². The van der Waals surface area contributed by atoms with E-state index < -0.39 is 5.97 Å². The molecule has 2 rings (SSSR count). The van der Waals surface area contributed by atoms with E-state index in [1.165, 1.54) is 0 Å². The van der Waals surface area contributed by atoms with E-state index in [9.17, 15) is 4.79 Å². The number of carboxylic acids is 1. The fourth-order valence-corrected chi connectivity index (χ4v) is 1.63. The summed E-state index contributed by atoms with van der Waals surface area (Å²) in [6.07, 6.45) is 0. The van der Waals surface area contributed by atoms with Gasteiger partial charge in [0.2, 0.25) is 0 Å². The van der Waals surface area contributed by atoms with Crippen LogP contribution in [0.5, 0.6) is 5.75 Å². The first-order chi connectivity index (χ1) is 8.68. The zero-order chi connectivity index (χ0) is 13.0. The van der Waals surface area contributed by atoms with Crippen LogP contribution in [0.1, 0.15) is 15.9 Å². The molecule has 0 spiro atoms. The smallest absolute Gasteiger partial charge is 0.341 e. The second-order valence-corrected chi connectivity index (χ2v) is 3.80. The van der Waals surface area contributed by atoms with Crippen molar-refractivity contribution in [3.63, 3.8) is 0 Å². The zero-order valence-corrected chi connectivity index (χ0v) is 9.67. The van der Waals surface area contributed by atoms with Crippen molar-refractivity contribution >= 4 is 11.7 Å². The largest absolute Gasteiger partial charge is 0.488 e. The number of ether oxygens (including phenoxy) is 1. The van der Waals surface area contributed by atoms with Gasteiger partial charge in [0.05, 0.1) is 0 Å². The summed E-state index contributed by atoms with van der Waals surface area (Å²) in [5.41, 5.74) is 6.81. The summed E-state index contributed by atoms with van der Waals surface area (Å²) in [6, 6.07) is 14.3. The van der Waals surface area contributed by atoms with Gasteiger partial charge in [-0.3, -0.25) is 0 Å². The number of rotatable bonds is 4. The van der Waals surface area contributed by atoms with E-state index in [1.807, 2.05) is 30.3 Å². The summed E-state index contributed by atoms with van der Waals surface area (Å²) in [7, 11) is 0. The molecule has 0 atom stereocenters. The van der Waals surface area contributed by atoms with E-state index >= 15 is 0 Å². The number of carbonyl (C=O) groups is 1. The molecule has 4 heteroatoms. The van der Waals surface area contributed by atoms with E-state index in [0.717, 1.165) is 5.56 Å². The lowest BCUT2D eigenvalue weighted by Gasteiger charge is -2.10. The highest BCUT2D eigenvalue weighted by molar-refractivity contribution is 5.96. The van der Waals surface area contributed by atoms with Gasteiger partial charge in [-0.2, -0.15) is 0 Å². The van der Waals surface area contributed by atoms with Crippen molar-refractivity contribution in [2.75, 3.05) is 5.73 Å². The fourth-order valence-electron chi connectivity index (χ4n) is 1.63. The van der Waals surface area contributed by atoms with Gasteiger partial charge in [0, 0.05) is 5.69 Å². The van der Waals surface area contributed by atoms with Gasteiger partial charge < -0.3 is 15.6 Å². The van der Waals surface area contributed by atoms with Crippen molar-refractivity contribution < 1.29 is 14.6 Å². The molecule has 2 aromatic rings. The highest BCUT2D eigenvalue weighted by Crippen LogP contribution is 2.25. The summed E-state index contributed by atoms with van der Waals surface area (Å²) in [5, 5.41) is 9.08. The molecule has 0 unspecified atom stereocenters. The monoisotopic (exact) mass is 243 g/mol. The minimum Gasteiger partial charge on any atom is -0.488 e. The van der Waals surface area contributed by atoms with Gasteiger partial charge in [0.1, 0.15) is 17.9 Å². The van der Waals surface area contributed by atoms with Crippen LogP contribution in [0, 0.1) is 0 Å². The van der Waals surface area contributed by atoms with Crippen molar-refractivity contribution in [2.24, 2.45) is 0 Å². The lowest BCUT2D eigenvalue weighted by Crippen LogP contribution is -2.06. The lowest BCUT2D eigenvalue weighted by molar-refractivity contribution is 0.0693. The normalized spacial score (nSPS) is 10.0. The van der Waals surface area contributed by atoms with E-state index in [1.54, 1.807) is 18.2 Å². The van der Waals surface area contributed by atoms with Gasteiger partial charge in [-0.05, 0) is 17.7 Å². The van der Waals surface area contributed by atoms with Crippen LogP contribution in [-0.2, 0) is 6.61 Å². The topological polar surface area (TPSA) is 72.5 Å². The summed E-state index contributed by atoms with van der Waals surface area (Å²) in [5.74, 6) is -0.803. The van der Waals surface area contributed by atoms with Crippen molar-refractivity contribution in [2.45, 2.75) is 6.61 Å². The summed E-state index contributed by atoms with van der Waals surface area (Å²) >= 11 is 0. The molecule has 3 N–H and O–H groups in total. The minimum atomic E-state index is -1.09. The van der Waals surface area contributed by atoms with Crippen LogP contribution in [0.3, 0.4) is 0 Å². The molecule has 0 radical (unpaired) electrons. The van der Waals surface area contributed by atoms with Gasteiger partial charge in [-0.25, -0.2) is 4.79 Å². The minimum absolute atomic E-state index is 0.00781. The Labute approximate surface area is 105 Å². The van der Waals surface area contributed by atoms with Gasteiger partial charge in [0.15, 0.2) is 0 Å². The molecule has 0 saturated carbocycles. The fraction of sp³-hybridized carbons (Fsp3) is 0.0714. The number of hydrogen-bond acceptors (Lipinski definition) is 3. The Balaban J connectivity index is 2.20. The Hall–Kier alpha value is -2.49. The first-order valence-corrected chi connectivity index (χ1v) is 5.47.